The van der Waals surface area contributed by atoms with Crippen LogP contribution in [0.4, 0.5) is 0 Å². The molecule has 0 amide bonds. The Morgan fingerprint density at radius 1 is 0.625 bits per heavy atom. The van der Waals surface area contributed by atoms with Gasteiger partial charge in [-0.05, 0) is 0 Å². The summed E-state index contributed by atoms with van der Waals surface area (Å²) >= 11 is 4.01. The molecule has 7 N–H and O–H groups in total. The molecule has 2 rings (SSSR count). The fourth-order valence-corrected chi connectivity index (χ4v) is 3.43. The highest BCUT2D eigenvalue weighted by Crippen LogP contribution is 2.29. The van der Waals surface area contributed by atoms with Crippen molar-refractivity contribution in [3.63, 3.8) is 0 Å². The van der Waals surface area contributed by atoms with E-state index in [1.165, 1.54) is 0 Å². The topological polar surface area (TPSA) is 197 Å². The van der Waals surface area contributed by atoms with Gasteiger partial charge in [0.15, 0.2) is 12.6 Å². The zero-order valence-electron chi connectivity index (χ0n) is 17.5. The van der Waals surface area contributed by atoms with Crippen molar-refractivity contribution in [2.24, 2.45) is 0 Å². The predicted octanol–water partition coefficient (Wildman–Crippen LogP) is -4.41. The van der Waals surface area contributed by atoms with Crippen molar-refractivity contribution in [3.8, 4) is 0 Å². The second-order valence-corrected chi connectivity index (χ2v) is 7.77. The molecule has 2 fully saturated rings. The van der Waals surface area contributed by atoms with Gasteiger partial charge in [-0.3, -0.25) is 0 Å². The fraction of sp³-hybridized carbons (Fsp3) is 1.00. The number of hydrogen-bond acceptors (Lipinski definition) is 14. The van der Waals surface area contributed by atoms with Gasteiger partial charge in [-0.2, -0.15) is 12.6 Å². The number of hydrogen-bond donors (Lipinski definition) is 8. The molecule has 2 heterocycles. The van der Waals surface area contributed by atoms with Crippen LogP contribution in [-0.2, 0) is 28.4 Å². The highest BCUT2D eigenvalue weighted by atomic mass is 32.1. The van der Waals surface area contributed by atoms with Crippen molar-refractivity contribution in [3.05, 3.63) is 0 Å². The Kier molecular flexibility index (Phi) is 12.5. The average Bonchev–Trinajstić information content (AvgIpc) is 2.79. The van der Waals surface area contributed by atoms with Gasteiger partial charge in [0.1, 0.15) is 48.8 Å². The van der Waals surface area contributed by atoms with E-state index in [0.717, 1.165) is 0 Å². The summed E-state index contributed by atoms with van der Waals surface area (Å²) in [6.45, 7) is 0.134. The molecule has 0 aromatic heterocycles. The van der Waals surface area contributed by atoms with Crippen LogP contribution in [0.3, 0.4) is 0 Å². The molecule has 14 heteroatoms. The molecule has 190 valence electrons. The van der Waals surface area contributed by atoms with Crippen molar-refractivity contribution >= 4 is 12.6 Å². The lowest BCUT2D eigenvalue weighted by atomic mass is 9.97. The molecule has 2 saturated heterocycles. The third-order valence-electron chi connectivity index (χ3n) is 5.08. The predicted molar refractivity (Wildman–Crippen MR) is 108 cm³/mol. The molecule has 0 aromatic carbocycles. The van der Waals surface area contributed by atoms with Gasteiger partial charge in [0.2, 0.25) is 0 Å². The average molecular weight is 491 g/mol. The smallest absolute Gasteiger partial charge is 0.187 e. The van der Waals surface area contributed by atoms with Crippen molar-refractivity contribution in [1.29, 1.82) is 0 Å². The van der Waals surface area contributed by atoms with Crippen LogP contribution in [0, 0.1) is 0 Å². The fourth-order valence-electron chi connectivity index (χ4n) is 3.30. The summed E-state index contributed by atoms with van der Waals surface area (Å²) in [4.78, 5) is 0. The van der Waals surface area contributed by atoms with Crippen LogP contribution >= 0.6 is 12.6 Å². The van der Waals surface area contributed by atoms with Crippen molar-refractivity contribution in [1.82, 2.24) is 0 Å². The molecule has 32 heavy (non-hydrogen) atoms. The number of aliphatic hydroxyl groups excluding tert-OH is 7. The second kappa shape index (κ2) is 14.3. The van der Waals surface area contributed by atoms with E-state index < -0.39 is 74.6 Å². The Morgan fingerprint density at radius 2 is 1.19 bits per heavy atom. The SMILES string of the molecule is OC[C@H]1O[C@@H](O[C@H]2[C@H](O)[C@@H](O)[C@H](OCCOCCOCCS)O[C@@H]2CO)[C@H](O)[C@@H](O)[C@H]1O. The van der Waals surface area contributed by atoms with E-state index in [2.05, 4.69) is 12.6 Å². The number of aliphatic hydroxyl groups is 7. The molecule has 0 aliphatic carbocycles. The summed E-state index contributed by atoms with van der Waals surface area (Å²) < 4.78 is 32.1. The van der Waals surface area contributed by atoms with Crippen LogP contribution in [-0.4, -0.2) is 149 Å². The molecule has 0 spiro atoms. The standard InChI is InChI=1S/C18H34O13S/c19-7-9-11(21)12(22)14(24)18(29-9)31-16-10(8-20)30-17(15(25)13(16)23)28-4-3-26-1-2-27-5-6-32/h9-25,32H,1-8H2/t9-,10-,11+,12+,13-,14-,15-,16-,17-,18+/m1/s1. The monoisotopic (exact) mass is 490 g/mol. The molecule has 0 saturated carbocycles. The summed E-state index contributed by atoms with van der Waals surface area (Å²) in [5.41, 5.74) is 0. The van der Waals surface area contributed by atoms with Gasteiger partial charge >= 0.3 is 0 Å². The van der Waals surface area contributed by atoms with Gasteiger partial charge in [0.05, 0.1) is 46.2 Å². The first kappa shape index (κ1) is 28.1. The van der Waals surface area contributed by atoms with Crippen LogP contribution in [0.25, 0.3) is 0 Å². The van der Waals surface area contributed by atoms with Crippen molar-refractivity contribution in [2.45, 2.75) is 61.4 Å². The van der Waals surface area contributed by atoms with E-state index >= 15 is 0 Å². The third kappa shape index (κ3) is 7.41. The van der Waals surface area contributed by atoms with Gasteiger partial charge in [0.25, 0.3) is 0 Å². The number of ether oxygens (including phenoxy) is 6. The number of thiol groups is 1. The molecular weight excluding hydrogens is 456 g/mol. The molecule has 0 bridgehead atoms. The first-order valence-corrected chi connectivity index (χ1v) is 10.9. The maximum atomic E-state index is 10.5. The van der Waals surface area contributed by atoms with Gasteiger partial charge in [-0.15, -0.1) is 0 Å². The highest BCUT2D eigenvalue weighted by molar-refractivity contribution is 7.80. The van der Waals surface area contributed by atoms with Gasteiger partial charge in [-0.1, -0.05) is 0 Å². The number of rotatable bonds is 13. The normalized spacial score (nSPS) is 40.5. The van der Waals surface area contributed by atoms with Crippen LogP contribution in [0.2, 0.25) is 0 Å². The van der Waals surface area contributed by atoms with Crippen LogP contribution in [0.5, 0.6) is 0 Å². The van der Waals surface area contributed by atoms with E-state index in [4.69, 9.17) is 28.4 Å². The van der Waals surface area contributed by atoms with E-state index in [-0.39, 0.29) is 13.2 Å². The Balaban J connectivity index is 1.86. The molecule has 0 unspecified atom stereocenters. The first-order valence-electron chi connectivity index (χ1n) is 10.3. The maximum Gasteiger partial charge on any atom is 0.187 e. The minimum absolute atomic E-state index is 0.0252. The Hall–Kier alpha value is -0.170. The Morgan fingerprint density at radius 3 is 1.81 bits per heavy atom. The van der Waals surface area contributed by atoms with Crippen LogP contribution in [0.15, 0.2) is 0 Å². The minimum Gasteiger partial charge on any atom is -0.394 e. The lowest BCUT2D eigenvalue weighted by Gasteiger charge is -2.45. The highest BCUT2D eigenvalue weighted by Gasteiger charge is 2.50. The molecule has 0 aromatic rings. The van der Waals surface area contributed by atoms with Crippen molar-refractivity contribution in [2.75, 3.05) is 52.0 Å². The largest absolute Gasteiger partial charge is 0.394 e. The third-order valence-corrected chi connectivity index (χ3v) is 5.26. The summed E-state index contributed by atoms with van der Waals surface area (Å²) in [6.07, 6.45) is -14.8. The minimum atomic E-state index is -1.72. The quantitative estimate of drug-likeness (QED) is 0.0910. The molecular formula is C18H34O13S. The summed E-state index contributed by atoms with van der Waals surface area (Å²) in [7, 11) is 0. The lowest BCUT2D eigenvalue weighted by molar-refractivity contribution is -0.359. The molecule has 0 radical (unpaired) electrons. The second-order valence-electron chi connectivity index (χ2n) is 7.32. The van der Waals surface area contributed by atoms with Crippen LogP contribution < -0.4 is 0 Å². The zero-order chi connectivity index (χ0) is 23.7. The summed E-state index contributed by atoms with van der Waals surface area (Å²) in [5, 5.41) is 69.6. The van der Waals surface area contributed by atoms with Gasteiger partial charge in [0, 0.05) is 5.75 Å². The molecule has 10 atom stereocenters. The van der Waals surface area contributed by atoms with Gasteiger partial charge in [-0.25, -0.2) is 0 Å². The Bertz CT molecular complexity index is 513. The summed E-state index contributed by atoms with van der Waals surface area (Å²) in [5.74, 6) is 0.607. The zero-order valence-corrected chi connectivity index (χ0v) is 18.4. The van der Waals surface area contributed by atoms with Gasteiger partial charge < -0.3 is 64.2 Å². The van der Waals surface area contributed by atoms with E-state index in [9.17, 15) is 35.7 Å². The summed E-state index contributed by atoms with van der Waals surface area (Å²) in [6, 6.07) is 0. The molecule has 13 nitrogen and oxygen atoms in total. The van der Waals surface area contributed by atoms with Crippen molar-refractivity contribution < 1.29 is 64.2 Å². The van der Waals surface area contributed by atoms with E-state index in [1.807, 2.05) is 0 Å². The van der Waals surface area contributed by atoms with Crippen LogP contribution in [0.1, 0.15) is 0 Å². The molecule has 2 aliphatic rings. The molecule has 2 aliphatic heterocycles. The Labute approximate surface area is 190 Å². The first-order chi connectivity index (χ1) is 15.3. The lowest BCUT2D eigenvalue weighted by Crippen LogP contribution is -2.64. The maximum absolute atomic E-state index is 10.5. The van der Waals surface area contributed by atoms with E-state index in [1.54, 1.807) is 0 Å². The van der Waals surface area contributed by atoms with E-state index in [0.29, 0.717) is 25.6 Å².